The van der Waals surface area contributed by atoms with E-state index in [9.17, 15) is 9.59 Å². The molecule has 2 aromatic carbocycles. The zero-order chi connectivity index (χ0) is 19.4. The lowest BCUT2D eigenvalue weighted by molar-refractivity contribution is -0.121. The highest BCUT2D eigenvalue weighted by atomic mass is 35.5. The van der Waals surface area contributed by atoms with Crippen molar-refractivity contribution in [2.45, 2.75) is 42.9 Å². The second kappa shape index (κ2) is 8.81. The molecule has 27 heavy (non-hydrogen) atoms. The first kappa shape index (κ1) is 19.8. The number of para-hydroxylation sites is 1. The number of carbonyl (C=O) groups is 2. The number of fused-ring (bicyclic) bond motifs is 1. The number of hydrogen-bond donors (Lipinski definition) is 1. The van der Waals surface area contributed by atoms with Gasteiger partial charge in [0.2, 0.25) is 11.8 Å². The number of thioether (sulfide) groups is 1. The van der Waals surface area contributed by atoms with E-state index < -0.39 is 0 Å². The number of carbonyl (C=O) groups excluding carboxylic acids is 2. The molecule has 2 amide bonds. The van der Waals surface area contributed by atoms with Crippen LogP contribution in [0.25, 0.3) is 0 Å². The Hall–Kier alpha value is -1.98. The fourth-order valence-electron chi connectivity index (χ4n) is 3.22. The second-order valence-corrected chi connectivity index (χ2v) is 8.66. The van der Waals surface area contributed by atoms with Gasteiger partial charge in [-0.05, 0) is 36.2 Å². The highest BCUT2D eigenvalue weighted by molar-refractivity contribution is 8.00. The average Bonchev–Trinajstić information content (AvgIpc) is 2.79. The van der Waals surface area contributed by atoms with Gasteiger partial charge in [-0.15, -0.1) is 11.8 Å². The van der Waals surface area contributed by atoms with Crippen LogP contribution >= 0.6 is 23.4 Å². The Morgan fingerprint density at radius 3 is 2.63 bits per heavy atom. The lowest BCUT2D eigenvalue weighted by Gasteiger charge is -2.26. The first-order valence-electron chi connectivity index (χ1n) is 9.02. The van der Waals surface area contributed by atoms with Gasteiger partial charge < -0.3 is 10.2 Å². The van der Waals surface area contributed by atoms with Crippen LogP contribution in [0.2, 0.25) is 5.02 Å². The molecule has 1 aliphatic heterocycles. The van der Waals surface area contributed by atoms with Crippen LogP contribution in [0.1, 0.15) is 38.3 Å². The molecule has 0 bridgehead atoms. The van der Waals surface area contributed by atoms with Crippen LogP contribution in [0.5, 0.6) is 0 Å². The van der Waals surface area contributed by atoms with Crippen molar-refractivity contribution in [2.24, 2.45) is 0 Å². The molecule has 2 atom stereocenters. The highest BCUT2D eigenvalue weighted by Gasteiger charge is 2.26. The maximum absolute atomic E-state index is 13.2. The first-order valence-corrected chi connectivity index (χ1v) is 10.3. The monoisotopic (exact) mass is 402 g/mol. The molecule has 2 aromatic rings. The van der Waals surface area contributed by atoms with E-state index in [4.69, 9.17) is 11.6 Å². The molecule has 142 valence electrons. The van der Waals surface area contributed by atoms with E-state index in [1.54, 1.807) is 23.9 Å². The molecule has 3 rings (SSSR count). The molecule has 0 spiro atoms. The maximum Gasteiger partial charge on any atom is 0.229 e. The Labute approximate surface area is 169 Å². The summed E-state index contributed by atoms with van der Waals surface area (Å²) >= 11 is 7.78. The Balaban J connectivity index is 1.85. The molecule has 1 aliphatic rings. The van der Waals surface area contributed by atoms with Crippen molar-refractivity contribution in [1.29, 1.82) is 0 Å². The van der Waals surface area contributed by atoms with Crippen molar-refractivity contribution in [3.8, 4) is 0 Å². The first-order chi connectivity index (χ1) is 12.9. The number of nitrogens with one attached hydrogen (secondary N) is 1. The average molecular weight is 403 g/mol. The van der Waals surface area contributed by atoms with Crippen LogP contribution in [0, 0.1) is 0 Å². The summed E-state index contributed by atoms with van der Waals surface area (Å²) < 4.78 is 0. The second-order valence-electron chi connectivity index (χ2n) is 6.74. The lowest BCUT2D eigenvalue weighted by atomic mass is 10.0. The Morgan fingerprint density at radius 2 is 1.93 bits per heavy atom. The molecule has 1 N–H and O–H groups in total. The SMILES string of the molecule is CC(=O)N[C@@H](CC(=O)N1CC[C@H](C)Sc2ccccc21)c1ccc(Cl)cc1. The maximum atomic E-state index is 13.2. The van der Waals surface area contributed by atoms with Gasteiger partial charge in [0, 0.05) is 28.6 Å². The summed E-state index contributed by atoms with van der Waals surface area (Å²) in [7, 11) is 0. The fraction of sp³-hybridized carbons (Fsp3) is 0.333. The summed E-state index contributed by atoms with van der Waals surface area (Å²) in [5, 5.41) is 3.97. The van der Waals surface area contributed by atoms with Gasteiger partial charge in [0.25, 0.3) is 0 Å². The third-order valence-corrected chi connectivity index (χ3v) is 6.06. The van der Waals surface area contributed by atoms with Crippen molar-refractivity contribution < 1.29 is 9.59 Å². The van der Waals surface area contributed by atoms with E-state index in [0.29, 0.717) is 16.8 Å². The third-order valence-electron chi connectivity index (χ3n) is 4.57. The standard InChI is InChI=1S/C21H23ClN2O2S/c1-14-11-12-24(19-5-3-4-6-20(19)27-14)21(26)13-18(23-15(2)25)16-7-9-17(22)10-8-16/h3-10,14,18H,11-13H2,1-2H3,(H,23,25)/t14-,18-/m0/s1. The van der Waals surface area contributed by atoms with E-state index in [2.05, 4.69) is 18.3 Å². The van der Waals surface area contributed by atoms with Gasteiger partial charge >= 0.3 is 0 Å². The Kier molecular flexibility index (Phi) is 6.45. The van der Waals surface area contributed by atoms with Crippen molar-refractivity contribution in [1.82, 2.24) is 5.32 Å². The van der Waals surface area contributed by atoms with Crippen LogP contribution in [-0.4, -0.2) is 23.6 Å². The highest BCUT2D eigenvalue weighted by Crippen LogP contribution is 2.38. The fourth-order valence-corrected chi connectivity index (χ4v) is 4.46. The van der Waals surface area contributed by atoms with Crippen LogP contribution in [0.15, 0.2) is 53.4 Å². The van der Waals surface area contributed by atoms with E-state index in [0.717, 1.165) is 22.6 Å². The summed E-state index contributed by atoms with van der Waals surface area (Å²) in [6.45, 7) is 4.33. The van der Waals surface area contributed by atoms with Gasteiger partial charge in [-0.25, -0.2) is 0 Å². The van der Waals surface area contributed by atoms with E-state index in [-0.39, 0.29) is 24.3 Å². The van der Waals surface area contributed by atoms with Crippen molar-refractivity contribution in [3.63, 3.8) is 0 Å². The minimum atomic E-state index is -0.382. The van der Waals surface area contributed by atoms with Gasteiger partial charge in [0.15, 0.2) is 0 Å². The third kappa shape index (κ3) is 5.05. The molecule has 0 unspecified atom stereocenters. The summed E-state index contributed by atoms with van der Waals surface area (Å²) in [4.78, 5) is 27.9. The number of anilines is 1. The number of hydrogen-bond acceptors (Lipinski definition) is 3. The van der Waals surface area contributed by atoms with Crippen molar-refractivity contribution >= 4 is 40.9 Å². The van der Waals surface area contributed by atoms with Crippen molar-refractivity contribution in [2.75, 3.05) is 11.4 Å². The van der Waals surface area contributed by atoms with Gasteiger partial charge in [0.05, 0.1) is 18.2 Å². The van der Waals surface area contributed by atoms with Gasteiger partial charge in [-0.1, -0.05) is 42.8 Å². The normalized spacial score (nSPS) is 17.6. The predicted octanol–water partition coefficient (Wildman–Crippen LogP) is 4.82. The topological polar surface area (TPSA) is 49.4 Å². The van der Waals surface area contributed by atoms with E-state index >= 15 is 0 Å². The summed E-state index contributed by atoms with van der Waals surface area (Å²) in [6.07, 6.45) is 1.13. The zero-order valence-electron chi connectivity index (χ0n) is 15.4. The number of nitrogens with zero attached hydrogens (tertiary/aromatic N) is 1. The molecule has 6 heteroatoms. The number of rotatable bonds is 4. The van der Waals surface area contributed by atoms with Gasteiger partial charge in [0.1, 0.15) is 0 Å². The van der Waals surface area contributed by atoms with Gasteiger partial charge in [-0.3, -0.25) is 9.59 Å². The molecular formula is C21H23ClN2O2S. The summed E-state index contributed by atoms with van der Waals surface area (Å²) in [5.74, 6) is -0.158. The van der Waals surface area contributed by atoms with Crippen LogP contribution in [0.4, 0.5) is 5.69 Å². The summed E-state index contributed by atoms with van der Waals surface area (Å²) in [5.41, 5.74) is 1.82. The Morgan fingerprint density at radius 1 is 1.22 bits per heavy atom. The van der Waals surface area contributed by atoms with Crippen molar-refractivity contribution in [3.05, 3.63) is 59.1 Å². The van der Waals surface area contributed by atoms with Crippen LogP contribution < -0.4 is 10.2 Å². The van der Waals surface area contributed by atoms with Crippen LogP contribution in [-0.2, 0) is 9.59 Å². The van der Waals surface area contributed by atoms with E-state index in [1.807, 2.05) is 35.2 Å². The minimum Gasteiger partial charge on any atom is -0.349 e. The lowest BCUT2D eigenvalue weighted by Crippen LogP contribution is -2.36. The molecule has 0 aromatic heterocycles. The smallest absolute Gasteiger partial charge is 0.229 e. The molecule has 0 saturated carbocycles. The molecule has 1 heterocycles. The number of benzene rings is 2. The molecule has 4 nitrogen and oxygen atoms in total. The minimum absolute atomic E-state index is 0.00542. The predicted molar refractivity (Wildman–Crippen MR) is 111 cm³/mol. The molecule has 0 saturated heterocycles. The van der Waals surface area contributed by atoms with Gasteiger partial charge in [-0.2, -0.15) is 0 Å². The molecule has 0 aliphatic carbocycles. The summed E-state index contributed by atoms with van der Waals surface area (Å²) in [6, 6.07) is 14.9. The largest absolute Gasteiger partial charge is 0.349 e. The molecular weight excluding hydrogens is 380 g/mol. The van der Waals surface area contributed by atoms with E-state index in [1.165, 1.54) is 6.92 Å². The zero-order valence-corrected chi connectivity index (χ0v) is 17.0. The molecule has 0 fully saturated rings. The van der Waals surface area contributed by atoms with Crippen LogP contribution in [0.3, 0.4) is 0 Å². The quantitative estimate of drug-likeness (QED) is 0.797. The Bertz CT molecular complexity index is 825. The number of amides is 2. The number of halogens is 1. The molecule has 0 radical (unpaired) electrons.